The third kappa shape index (κ3) is 3.42. The number of carbonyl (C=O) groups is 1. The molecule has 1 aromatic carbocycles. The molecule has 1 saturated heterocycles. The van der Waals surface area contributed by atoms with E-state index >= 15 is 0 Å². The summed E-state index contributed by atoms with van der Waals surface area (Å²) in [6.45, 7) is 3.06. The SMILES string of the molecule is CC(Cc1ccc(O)c(O)c1)C(=O)N1CCC(O)CC1. The van der Waals surface area contributed by atoms with Crippen molar-refractivity contribution in [2.24, 2.45) is 5.92 Å². The van der Waals surface area contributed by atoms with Crippen molar-refractivity contribution in [3.05, 3.63) is 23.8 Å². The average Bonchev–Trinajstić information content (AvgIpc) is 2.43. The maximum absolute atomic E-state index is 12.3. The second-order valence-corrected chi connectivity index (χ2v) is 5.48. The summed E-state index contributed by atoms with van der Waals surface area (Å²) >= 11 is 0. The Morgan fingerprint density at radius 3 is 2.55 bits per heavy atom. The largest absolute Gasteiger partial charge is 0.504 e. The van der Waals surface area contributed by atoms with Gasteiger partial charge in [0, 0.05) is 19.0 Å². The van der Waals surface area contributed by atoms with Crippen molar-refractivity contribution in [2.75, 3.05) is 13.1 Å². The van der Waals surface area contributed by atoms with Gasteiger partial charge in [0.2, 0.25) is 5.91 Å². The van der Waals surface area contributed by atoms with E-state index in [1.807, 2.05) is 6.92 Å². The van der Waals surface area contributed by atoms with Gasteiger partial charge in [-0.25, -0.2) is 0 Å². The van der Waals surface area contributed by atoms with E-state index in [0.717, 1.165) is 5.56 Å². The molecule has 2 rings (SSSR count). The summed E-state index contributed by atoms with van der Waals surface area (Å²) in [4.78, 5) is 14.1. The van der Waals surface area contributed by atoms with Gasteiger partial charge in [-0.05, 0) is 37.0 Å². The number of aromatic hydroxyl groups is 2. The van der Waals surface area contributed by atoms with Crippen molar-refractivity contribution in [3.8, 4) is 11.5 Å². The molecule has 0 aliphatic carbocycles. The summed E-state index contributed by atoms with van der Waals surface area (Å²) < 4.78 is 0. The van der Waals surface area contributed by atoms with Gasteiger partial charge in [0.1, 0.15) is 0 Å². The van der Waals surface area contributed by atoms with E-state index in [1.54, 1.807) is 11.0 Å². The zero-order chi connectivity index (χ0) is 14.7. The van der Waals surface area contributed by atoms with Crippen LogP contribution in [0.5, 0.6) is 11.5 Å². The van der Waals surface area contributed by atoms with Gasteiger partial charge in [0.25, 0.3) is 0 Å². The van der Waals surface area contributed by atoms with E-state index < -0.39 is 0 Å². The third-order valence-corrected chi connectivity index (χ3v) is 3.78. The Morgan fingerprint density at radius 1 is 1.30 bits per heavy atom. The molecule has 0 radical (unpaired) electrons. The Morgan fingerprint density at radius 2 is 1.95 bits per heavy atom. The predicted octanol–water partition coefficient (Wildman–Crippen LogP) is 1.26. The number of carbonyl (C=O) groups excluding carboxylic acids is 1. The van der Waals surface area contributed by atoms with Crippen LogP contribution in [0, 0.1) is 5.92 Å². The van der Waals surface area contributed by atoms with Crippen molar-refractivity contribution in [1.29, 1.82) is 0 Å². The number of rotatable bonds is 3. The number of nitrogens with zero attached hydrogens (tertiary/aromatic N) is 1. The lowest BCUT2D eigenvalue weighted by Gasteiger charge is -2.31. The Bertz CT molecular complexity index is 481. The zero-order valence-corrected chi connectivity index (χ0v) is 11.6. The molecular formula is C15H21NO4. The predicted molar refractivity (Wildman–Crippen MR) is 74.5 cm³/mol. The number of phenolic OH excluding ortho intramolecular Hbond substituents is 2. The summed E-state index contributed by atoms with van der Waals surface area (Å²) in [6.07, 6.45) is 1.51. The van der Waals surface area contributed by atoms with E-state index in [4.69, 9.17) is 0 Å². The van der Waals surface area contributed by atoms with Crippen LogP contribution < -0.4 is 0 Å². The Labute approximate surface area is 118 Å². The van der Waals surface area contributed by atoms with Crippen LogP contribution in [0.3, 0.4) is 0 Å². The van der Waals surface area contributed by atoms with Crippen molar-refractivity contribution >= 4 is 5.91 Å². The molecule has 1 aliphatic heterocycles. The maximum atomic E-state index is 12.3. The number of phenols is 2. The molecule has 110 valence electrons. The van der Waals surface area contributed by atoms with Crippen molar-refractivity contribution in [3.63, 3.8) is 0 Å². The topological polar surface area (TPSA) is 81.0 Å². The van der Waals surface area contributed by atoms with Crippen LogP contribution in [0.4, 0.5) is 0 Å². The number of amides is 1. The Hall–Kier alpha value is -1.75. The van der Waals surface area contributed by atoms with Gasteiger partial charge >= 0.3 is 0 Å². The van der Waals surface area contributed by atoms with Crippen LogP contribution in [0.2, 0.25) is 0 Å². The molecule has 5 nitrogen and oxygen atoms in total. The normalized spacial score (nSPS) is 18.0. The maximum Gasteiger partial charge on any atom is 0.225 e. The highest BCUT2D eigenvalue weighted by atomic mass is 16.3. The molecule has 0 saturated carbocycles. The van der Waals surface area contributed by atoms with E-state index in [1.165, 1.54) is 12.1 Å². The molecule has 1 fully saturated rings. The first-order valence-corrected chi connectivity index (χ1v) is 6.95. The molecular weight excluding hydrogens is 258 g/mol. The highest BCUT2D eigenvalue weighted by molar-refractivity contribution is 5.79. The van der Waals surface area contributed by atoms with Gasteiger partial charge in [-0.2, -0.15) is 0 Å². The average molecular weight is 279 g/mol. The van der Waals surface area contributed by atoms with Crippen LogP contribution in [-0.2, 0) is 11.2 Å². The lowest BCUT2D eigenvalue weighted by atomic mass is 9.98. The number of benzene rings is 1. The first-order valence-electron chi connectivity index (χ1n) is 6.95. The van der Waals surface area contributed by atoms with Gasteiger partial charge < -0.3 is 20.2 Å². The van der Waals surface area contributed by atoms with Gasteiger partial charge in [-0.1, -0.05) is 13.0 Å². The first-order chi connectivity index (χ1) is 9.47. The Kier molecular flexibility index (Phi) is 4.49. The summed E-state index contributed by atoms with van der Waals surface area (Å²) in [5, 5.41) is 28.2. The number of likely N-dealkylation sites (tertiary alicyclic amines) is 1. The molecule has 3 N–H and O–H groups in total. The number of hydrogen-bond donors (Lipinski definition) is 3. The molecule has 1 atom stereocenters. The summed E-state index contributed by atoms with van der Waals surface area (Å²) in [5.41, 5.74) is 0.818. The molecule has 0 bridgehead atoms. The molecule has 0 spiro atoms. The highest BCUT2D eigenvalue weighted by Crippen LogP contribution is 2.26. The standard InChI is InChI=1S/C15H21NO4/c1-10(8-11-2-3-13(18)14(19)9-11)15(20)16-6-4-12(17)5-7-16/h2-3,9-10,12,17-19H,4-8H2,1H3. The van der Waals surface area contributed by atoms with Crippen LogP contribution in [0.1, 0.15) is 25.3 Å². The van der Waals surface area contributed by atoms with Gasteiger partial charge in [0.15, 0.2) is 11.5 Å². The highest BCUT2D eigenvalue weighted by Gasteiger charge is 2.25. The van der Waals surface area contributed by atoms with Crippen LogP contribution >= 0.6 is 0 Å². The smallest absolute Gasteiger partial charge is 0.225 e. The fourth-order valence-electron chi connectivity index (χ4n) is 2.53. The monoisotopic (exact) mass is 279 g/mol. The molecule has 1 heterocycles. The van der Waals surface area contributed by atoms with Crippen LogP contribution in [0.15, 0.2) is 18.2 Å². The van der Waals surface area contributed by atoms with Gasteiger partial charge in [-0.3, -0.25) is 4.79 Å². The minimum Gasteiger partial charge on any atom is -0.504 e. The van der Waals surface area contributed by atoms with E-state index in [-0.39, 0.29) is 29.4 Å². The molecule has 0 aromatic heterocycles. The van der Waals surface area contributed by atoms with Crippen molar-refractivity contribution in [2.45, 2.75) is 32.3 Å². The fraction of sp³-hybridized carbons (Fsp3) is 0.533. The first kappa shape index (κ1) is 14.7. The second kappa shape index (κ2) is 6.13. The fourth-order valence-corrected chi connectivity index (χ4v) is 2.53. The zero-order valence-electron chi connectivity index (χ0n) is 11.6. The lowest BCUT2D eigenvalue weighted by Crippen LogP contribution is -2.42. The van der Waals surface area contributed by atoms with Gasteiger partial charge in [0.05, 0.1) is 6.10 Å². The second-order valence-electron chi connectivity index (χ2n) is 5.48. The summed E-state index contributed by atoms with van der Waals surface area (Å²) in [6, 6.07) is 4.62. The molecule has 5 heteroatoms. The quantitative estimate of drug-likeness (QED) is 0.728. The number of aliphatic hydroxyl groups is 1. The molecule has 20 heavy (non-hydrogen) atoms. The summed E-state index contributed by atoms with van der Waals surface area (Å²) in [5.74, 6) is -0.431. The number of aliphatic hydroxyl groups excluding tert-OH is 1. The van der Waals surface area contributed by atoms with E-state index in [9.17, 15) is 20.1 Å². The van der Waals surface area contributed by atoms with Crippen molar-refractivity contribution < 1.29 is 20.1 Å². The van der Waals surface area contributed by atoms with Gasteiger partial charge in [-0.15, -0.1) is 0 Å². The van der Waals surface area contributed by atoms with Crippen LogP contribution in [0.25, 0.3) is 0 Å². The number of piperidine rings is 1. The van der Waals surface area contributed by atoms with E-state index in [0.29, 0.717) is 32.4 Å². The third-order valence-electron chi connectivity index (χ3n) is 3.78. The van der Waals surface area contributed by atoms with Crippen LogP contribution in [-0.4, -0.2) is 45.3 Å². The minimum atomic E-state index is -0.289. The van der Waals surface area contributed by atoms with E-state index in [2.05, 4.69) is 0 Å². The minimum absolute atomic E-state index is 0.0736. The molecule has 1 unspecified atom stereocenters. The van der Waals surface area contributed by atoms with Crippen molar-refractivity contribution in [1.82, 2.24) is 4.90 Å². The summed E-state index contributed by atoms with van der Waals surface area (Å²) in [7, 11) is 0. The Balaban J connectivity index is 1.95. The lowest BCUT2D eigenvalue weighted by molar-refractivity contribution is -0.136. The molecule has 1 aromatic rings. The number of hydrogen-bond acceptors (Lipinski definition) is 4. The molecule has 1 amide bonds. The molecule has 1 aliphatic rings.